The number of ether oxygens (including phenoxy) is 2. The van der Waals surface area contributed by atoms with Gasteiger partial charge in [0.15, 0.2) is 0 Å². The topological polar surface area (TPSA) is 172 Å². The summed E-state index contributed by atoms with van der Waals surface area (Å²) in [5, 5.41) is 5.45. The highest BCUT2D eigenvalue weighted by atomic mass is 32.2. The molecule has 0 radical (unpaired) electrons. The normalized spacial score (nSPS) is 12.9. The summed E-state index contributed by atoms with van der Waals surface area (Å²) in [6.07, 6.45) is 3.86. The van der Waals surface area contributed by atoms with Gasteiger partial charge in [-0.2, -0.15) is 0 Å². The Morgan fingerprint density at radius 3 is 2.22 bits per heavy atom. The molecule has 2 amide bonds. The largest absolute Gasteiger partial charge is 0.492 e. The Morgan fingerprint density at radius 1 is 0.919 bits per heavy atom. The average Bonchev–Trinajstić information content (AvgIpc) is 2.84. The average molecular weight is 540 g/mol. The molecule has 0 aliphatic rings. The number of thioether (sulfide) groups is 1. The van der Waals surface area contributed by atoms with Crippen LogP contribution in [-0.4, -0.2) is 61.0 Å². The molecule has 0 aliphatic carbocycles. The van der Waals surface area contributed by atoms with E-state index in [-0.39, 0.29) is 11.0 Å². The maximum Gasteiger partial charge on any atom is 0.407 e. The van der Waals surface area contributed by atoms with E-state index in [4.69, 9.17) is 26.7 Å². The number of rotatable bonds is 17. The Labute approximate surface area is 225 Å². The van der Waals surface area contributed by atoms with Gasteiger partial charge in [-0.25, -0.2) is 4.79 Å². The van der Waals surface area contributed by atoms with E-state index >= 15 is 0 Å². The van der Waals surface area contributed by atoms with Crippen LogP contribution in [0.15, 0.2) is 24.3 Å². The van der Waals surface area contributed by atoms with Crippen LogP contribution in [0.3, 0.4) is 0 Å². The zero-order chi connectivity index (χ0) is 27.7. The van der Waals surface area contributed by atoms with Gasteiger partial charge < -0.3 is 37.3 Å². The van der Waals surface area contributed by atoms with Crippen molar-refractivity contribution in [1.29, 1.82) is 0 Å². The fourth-order valence-corrected chi connectivity index (χ4v) is 4.00. The molecule has 0 fully saturated rings. The van der Waals surface area contributed by atoms with Crippen LogP contribution in [0.4, 0.5) is 4.79 Å². The number of benzene rings is 1. The van der Waals surface area contributed by atoms with Crippen molar-refractivity contribution < 1.29 is 23.9 Å². The third-order valence-electron chi connectivity index (χ3n) is 5.19. The molecule has 1 aromatic carbocycles. The van der Waals surface area contributed by atoms with Gasteiger partial charge in [0.05, 0.1) is 18.6 Å². The monoisotopic (exact) mass is 539 g/mol. The lowest BCUT2D eigenvalue weighted by atomic mass is 10.1. The van der Waals surface area contributed by atoms with E-state index in [1.54, 1.807) is 20.8 Å². The van der Waals surface area contributed by atoms with Crippen LogP contribution in [0.25, 0.3) is 0 Å². The van der Waals surface area contributed by atoms with Crippen LogP contribution in [0.5, 0.6) is 5.75 Å². The van der Waals surface area contributed by atoms with E-state index in [9.17, 15) is 14.4 Å². The molecule has 0 aromatic heterocycles. The van der Waals surface area contributed by atoms with Gasteiger partial charge in [-0.1, -0.05) is 30.3 Å². The third-order valence-corrected chi connectivity index (χ3v) is 6.26. The molecule has 10 nitrogen and oxygen atoms in total. The van der Waals surface area contributed by atoms with E-state index in [1.165, 1.54) is 11.8 Å². The van der Waals surface area contributed by atoms with E-state index in [0.717, 1.165) is 18.4 Å². The van der Waals surface area contributed by atoms with Gasteiger partial charge in [-0.3, -0.25) is 9.59 Å². The van der Waals surface area contributed by atoms with Gasteiger partial charge >= 0.3 is 6.09 Å². The maximum atomic E-state index is 12.2. The highest BCUT2D eigenvalue weighted by Gasteiger charge is 2.16. The van der Waals surface area contributed by atoms with Crippen molar-refractivity contribution in [2.24, 2.45) is 17.2 Å². The number of carbonyl (C=O) groups excluding carboxylic acids is 3. The molecule has 1 aromatic rings. The Bertz CT molecular complexity index is 817. The van der Waals surface area contributed by atoms with Crippen LogP contribution in [0.1, 0.15) is 64.9 Å². The predicted octanol–water partition coefficient (Wildman–Crippen LogP) is 2.42. The molecule has 37 heavy (non-hydrogen) atoms. The number of nitrogens with two attached hydrogens (primary N) is 3. The molecule has 1 rings (SSSR count). The lowest BCUT2D eigenvalue weighted by Gasteiger charge is -2.19. The summed E-state index contributed by atoms with van der Waals surface area (Å²) in [6, 6.07) is 6.41. The van der Waals surface area contributed by atoms with Crippen molar-refractivity contribution in [3.8, 4) is 5.75 Å². The zero-order valence-corrected chi connectivity index (χ0v) is 23.2. The standard InChI is InChI=1S/C26H45N5O5S/c1-26(2,3)36-25(34)31-15-7-5-8-21(28)23(32)30-16-17-35-20-12-10-19(11-13-20)18-37-24(33)22(29)9-4-6-14-27/h10-13,21-22H,4-9,14-18,27-29H2,1-3H3,(H,30,32)(H,31,34)/t21-,22?/m1/s1. The highest BCUT2D eigenvalue weighted by Crippen LogP contribution is 2.19. The summed E-state index contributed by atoms with van der Waals surface area (Å²) in [6.45, 7) is 7.14. The van der Waals surface area contributed by atoms with Crippen LogP contribution in [-0.2, 0) is 20.1 Å². The highest BCUT2D eigenvalue weighted by molar-refractivity contribution is 8.13. The number of carbonyl (C=O) groups is 3. The van der Waals surface area contributed by atoms with Gasteiger partial charge in [0, 0.05) is 12.3 Å². The SMILES string of the molecule is CC(C)(C)OC(=O)NCCCC[C@@H](N)C(=O)NCCOc1ccc(CSC(=O)C(N)CCCCN)cc1. The molecule has 8 N–H and O–H groups in total. The summed E-state index contributed by atoms with van der Waals surface area (Å²) >= 11 is 1.22. The Morgan fingerprint density at radius 2 is 1.57 bits per heavy atom. The molecule has 1 unspecified atom stereocenters. The summed E-state index contributed by atoms with van der Waals surface area (Å²) in [7, 11) is 0. The van der Waals surface area contributed by atoms with Crippen molar-refractivity contribution in [2.75, 3.05) is 26.2 Å². The molecule has 0 saturated carbocycles. The lowest BCUT2D eigenvalue weighted by Crippen LogP contribution is -2.42. The van der Waals surface area contributed by atoms with Gasteiger partial charge in [0.2, 0.25) is 11.0 Å². The van der Waals surface area contributed by atoms with Gasteiger partial charge in [0.1, 0.15) is 18.0 Å². The van der Waals surface area contributed by atoms with Crippen molar-refractivity contribution in [1.82, 2.24) is 10.6 Å². The summed E-state index contributed by atoms with van der Waals surface area (Å²) in [5.74, 6) is 0.992. The van der Waals surface area contributed by atoms with E-state index < -0.39 is 23.8 Å². The fraction of sp³-hybridized carbons (Fsp3) is 0.654. The summed E-state index contributed by atoms with van der Waals surface area (Å²) in [5.41, 5.74) is 17.8. The first-order valence-corrected chi connectivity index (χ1v) is 13.8. The van der Waals surface area contributed by atoms with Crippen LogP contribution in [0.2, 0.25) is 0 Å². The van der Waals surface area contributed by atoms with E-state index in [0.29, 0.717) is 63.4 Å². The molecule has 11 heteroatoms. The van der Waals surface area contributed by atoms with E-state index in [1.807, 2.05) is 24.3 Å². The molecule has 2 atom stereocenters. The number of hydrogen-bond donors (Lipinski definition) is 5. The minimum atomic E-state index is -0.616. The molecule has 0 saturated heterocycles. The van der Waals surface area contributed by atoms with Gasteiger partial charge in [0.25, 0.3) is 0 Å². The Hall–Kier alpha value is -2.34. The Balaban J connectivity index is 2.17. The second-order valence-corrected chi connectivity index (χ2v) is 10.8. The smallest absolute Gasteiger partial charge is 0.407 e. The lowest BCUT2D eigenvalue weighted by molar-refractivity contribution is -0.122. The zero-order valence-electron chi connectivity index (χ0n) is 22.4. The van der Waals surface area contributed by atoms with Gasteiger partial charge in [-0.05, 0) is 77.1 Å². The quantitative estimate of drug-likeness (QED) is 0.186. The van der Waals surface area contributed by atoms with Crippen LogP contribution < -0.4 is 32.6 Å². The first kappa shape index (κ1) is 32.7. The number of hydrogen-bond acceptors (Lipinski definition) is 9. The van der Waals surface area contributed by atoms with Gasteiger partial charge in [-0.15, -0.1) is 0 Å². The number of unbranched alkanes of at least 4 members (excludes halogenated alkanes) is 2. The molecule has 210 valence electrons. The summed E-state index contributed by atoms with van der Waals surface area (Å²) < 4.78 is 10.8. The second-order valence-electron chi connectivity index (χ2n) is 9.81. The summed E-state index contributed by atoms with van der Waals surface area (Å²) in [4.78, 5) is 35.9. The van der Waals surface area contributed by atoms with E-state index in [2.05, 4.69) is 10.6 Å². The number of amides is 2. The van der Waals surface area contributed by atoms with Crippen LogP contribution >= 0.6 is 11.8 Å². The molecule has 0 aliphatic heterocycles. The fourth-order valence-electron chi connectivity index (χ4n) is 3.17. The first-order valence-electron chi connectivity index (χ1n) is 12.9. The van der Waals surface area contributed by atoms with Crippen molar-refractivity contribution in [2.45, 2.75) is 82.7 Å². The first-order chi connectivity index (χ1) is 17.5. The molecule has 0 bridgehead atoms. The molecular formula is C26H45N5O5S. The minimum absolute atomic E-state index is 0.0104. The predicted molar refractivity (Wildman–Crippen MR) is 148 cm³/mol. The number of alkyl carbamates (subject to hydrolysis) is 1. The van der Waals surface area contributed by atoms with Crippen LogP contribution in [0, 0.1) is 0 Å². The molecule has 0 heterocycles. The molecular weight excluding hydrogens is 494 g/mol. The van der Waals surface area contributed by atoms with Crippen molar-refractivity contribution in [3.63, 3.8) is 0 Å². The van der Waals surface area contributed by atoms with Crippen molar-refractivity contribution in [3.05, 3.63) is 29.8 Å². The Kier molecular flexibility index (Phi) is 15.9. The second kappa shape index (κ2) is 18.0. The minimum Gasteiger partial charge on any atom is -0.492 e. The molecule has 0 spiro atoms. The third kappa shape index (κ3) is 16.2. The maximum absolute atomic E-state index is 12.2. The number of nitrogens with one attached hydrogen (secondary N) is 2. The van der Waals surface area contributed by atoms with Crippen molar-refractivity contribution >= 4 is 28.9 Å².